The summed E-state index contributed by atoms with van der Waals surface area (Å²) in [6.45, 7) is 0. The predicted molar refractivity (Wildman–Crippen MR) is 44.1 cm³/mol. The maximum atomic E-state index is 4.02. The lowest BCUT2D eigenvalue weighted by atomic mass is 10.3. The van der Waals surface area contributed by atoms with Crippen LogP contribution in [0.3, 0.4) is 0 Å². The van der Waals surface area contributed by atoms with E-state index in [0.29, 0.717) is 5.82 Å². The van der Waals surface area contributed by atoms with Crippen molar-refractivity contribution in [3.05, 3.63) is 10.8 Å². The first kappa shape index (κ1) is 7.41. The normalized spacial score (nSPS) is 10.5. The number of rotatable bonds is 1. The van der Waals surface area contributed by atoms with Gasteiger partial charge in [0.2, 0.25) is 5.82 Å². The van der Waals surface area contributed by atoms with E-state index in [0.717, 1.165) is 10.2 Å². The molecule has 0 aliphatic rings. The number of aryl methyl sites for hydroxylation is 1. The Balaban J connectivity index is 2.55. The first-order valence-corrected chi connectivity index (χ1v) is 3.99. The molecule has 0 aromatic carbocycles. The van der Waals surface area contributed by atoms with Crippen molar-refractivity contribution >= 4 is 15.9 Å². The highest BCUT2D eigenvalue weighted by Gasteiger charge is 2.10. The number of H-pyrrole nitrogens is 1. The van der Waals surface area contributed by atoms with Gasteiger partial charge < -0.3 is 0 Å². The van der Waals surface area contributed by atoms with Crippen molar-refractivity contribution < 1.29 is 0 Å². The molecule has 0 unspecified atom stereocenters. The lowest BCUT2D eigenvalue weighted by Crippen LogP contribution is -1.89. The van der Waals surface area contributed by atoms with E-state index in [2.05, 4.69) is 41.7 Å². The summed E-state index contributed by atoms with van der Waals surface area (Å²) < 4.78 is 2.52. The number of hydrogen-bond acceptors (Lipinski definition) is 4. The molecular weight excluding hydrogens is 224 g/mol. The molecule has 2 aromatic rings. The number of aromatic nitrogens is 6. The van der Waals surface area contributed by atoms with Gasteiger partial charge in [0.1, 0.15) is 4.60 Å². The highest BCUT2D eigenvalue weighted by atomic mass is 79.9. The Hall–Kier alpha value is -1.24. The molecule has 0 saturated carbocycles. The average Bonchev–Trinajstić information content (AvgIpc) is 2.64. The number of hydrogen-bond donors (Lipinski definition) is 1. The molecule has 0 spiro atoms. The fraction of sp³-hybridized carbons (Fsp3) is 0.200. The van der Waals surface area contributed by atoms with Gasteiger partial charge in [-0.3, -0.25) is 4.68 Å². The van der Waals surface area contributed by atoms with Crippen LogP contribution in [-0.4, -0.2) is 30.4 Å². The van der Waals surface area contributed by atoms with E-state index in [1.165, 1.54) is 0 Å². The molecule has 2 rings (SSSR count). The molecule has 2 heterocycles. The Bertz CT molecular complexity index is 377. The Morgan fingerprint density at radius 2 is 2.42 bits per heavy atom. The standard InChI is InChI=1S/C5H5BrN6/c1-12-4(6)3(2-7-12)5-8-10-11-9-5/h2H,1H3,(H,8,9,10,11). The van der Waals surface area contributed by atoms with Crippen LogP contribution in [0.4, 0.5) is 0 Å². The summed E-state index contributed by atoms with van der Waals surface area (Å²) in [4.78, 5) is 0. The van der Waals surface area contributed by atoms with E-state index in [1.807, 2.05) is 7.05 Å². The summed E-state index contributed by atoms with van der Waals surface area (Å²) in [5, 5.41) is 17.5. The molecular formula is C5H5BrN6. The highest BCUT2D eigenvalue weighted by molar-refractivity contribution is 9.10. The first-order valence-electron chi connectivity index (χ1n) is 3.20. The summed E-state index contributed by atoms with van der Waals surface area (Å²) in [5.74, 6) is 0.537. The number of tetrazole rings is 1. The molecule has 0 fully saturated rings. The summed E-state index contributed by atoms with van der Waals surface area (Å²) in [5.41, 5.74) is 0.825. The van der Waals surface area contributed by atoms with Crippen LogP contribution in [0.2, 0.25) is 0 Å². The molecule has 0 saturated heterocycles. The van der Waals surface area contributed by atoms with Crippen LogP contribution in [0.25, 0.3) is 11.4 Å². The van der Waals surface area contributed by atoms with Crippen LogP contribution in [0, 0.1) is 0 Å². The zero-order chi connectivity index (χ0) is 8.55. The Morgan fingerprint density at radius 3 is 2.92 bits per heavy atom. The van der Waals surface area contributed by atoms with Gasteiger partial charge in [-0.05, 0) is 21.1 Å². The third-order valence-corrected chi connectivity index (χ3v) is 2.39. The maximum absolute atomic E-state index is 4.02. The second-order valence-electron chi connectivity index (χ2n) is 2.21. The summed E-state index contributed by atoms with van der Waals surface area (Å²) in [6, 6.07) is 0. The Morgan fingerprint density at radius 1 is 1.58 bits per heavy atom. The minimum atomic E-state index is 0.537. The van der Waals surface area contributed by atoms with Gasteiger partial charge in [-0.1, -0.05) is 0 Å². The fourth-order valence-electron chi connectivity index (χ4n) is 0.849. The van der Waals surface area contributed by atoms with Crippen LogP contribution in [0.1, 0.15) is 0 Å². The Kier molecular flexibility index (Phi) is 1.65. The van der Waals surface area contributed by atoms with Crippen LogP contribution >= 0.6 is 15.9 Å². The van der Waals surface area contributed by atoms with E-state index in [4.69, 9.17) is 0 Å². The monoisotopic (exact) mass is 228 g/mol. The quantitative estimate of drug-likeness (QED) is 0.766. The van der Waals surface area contributed by atoms with Gasteiger partial charge in [-0.25, -0.2) is 0 Å². The topological polar surface area (TPSA) is 72.3 Å². The summed E-state index contributed by atoms with van der Waals surface area (Å²) in [6.07, 6.45) is 1.68. The van der Waals surface area contributed by atoms with Gasteiger partial charge >= 0.3 is 0 Å². The molecule has 0 radical (unpaired) electrons. The van der Waals surface area contributed by atoms with E-state index < -0.39 is 0 Å². The van der Waals surface area contributed by atoms with Crippen molar-refractivity contribution in [2.45, 2.75) is 0 Å². The molecule has 0 aliphatic heterocycles. The zero-order valence-electron chi connectivity index (χ0n) is 6.19. The van der Waals surface area contributed by atoms with Crippen LogP contribution in [-0.2, 0) is 7.05 Å². The number of nitrogens with zero attached hydrogens (tertiary/aromatic N) is 5. The van der Waals surface area contributed by atoms with Gasteiger partial charge in [0.15, 0.2) is 0 Å². The third-order valence-electron chi connectivity index (χ3n) is 1.45. The largest absolute Gasteiger partial charge is 0.261 e. The molecule has 6 nitrogen and oxygen atoms in total. The predicted octanol–water partition coefficient (Wildman–Crippen LogP) is 0.363. The Labute approximate surface area is 76.1 Å². The molecule has 1 N–H and O–H groups in total. The molecule has 0 bridgehead atoms. The van der Waals surface area contributed by atoms with Crippen molar-refractivity contribution in [2.24, 2.45) is 7.05 Å². The number of nitrogens with one attached hydrogen (secondary N) is 1. The summed E-state index contributed by atoms with van der Waals surface area (Å²) in [7, 11) is 1.83. The van der Waals surface area contributed by atoms with Gasteiger partial charge in [0, 0.05) is 7.05 Å². The van der Waals surface area contributed by atoms with Gasteiger partial charge in [0.05, 0.1) is 11.8 Å². The number of halogens is 1. The van der Waals surface area contributed by atoms with Crippen molar-refractivity contribution in [3.8, 4) is 11.4 Å². The first-order chi connectivity index (χ1) is 5.79. The van der Waals surface area contributed by atoms with Gasteiger partial charge in [-0.15, -0.1) is 10.2 Å². The lowest BCUT2D eigenvalue weighted by molar-refractivity contribution is 0.750. The second kappa shape index (κ2) is 2.67. The van der Waals surface area contributed by atoms with Crippen molar-refractivity contribution in [1.29, 1.82) is 0 Å². The molecule has 62 valence electrons. The molecule has 0 aliphatic carbocycles. The smallest absolute Gasteiger partial charge is 0.208 e. The second-order valence-corrected chi connectivity index (χ2v) is 2.96. The van der Waals surface area contributed by atoms with Crippen molar-refractivity contribution in [3.63, 3.8) is 0 Å². The van der Waals surface area contributed by atoms with Crippen LogP contribution in [0.15, 0.2) is 10.8 Å². The molecule has 0 atom stereocenters. The zero-order valence-corrected chi connectivity index (χ0v) is 7.78. The van der Waals surface area contributed by atoms with E-state index in [1.54, 1.807) is 10.9 Å². The van der Waals surface area contributed by atoms with E-state index >= 15 is 0 Å². The van der Waals surface area contributed by atoms with Crippen molar-refractivity contribution in [2.75, 3.05) is 0 Å². The van der Waals surface area contributed by atoms with Crippen molar-refractivity contribution in [1.82, 2.24) is 30.4 Å². The SMILES string of the molecule is Cn1ncc(-c2nn[nH]n2)c1Br. The molecule has 2 aromatic heterocycles. The fourth-order valence-corrected chi connectivity index (χ4v) is 1.22. The van der Waals surface area contributed by atoms with E-state index in [-0.39, 0.29) is 0 Å². The average molecular weight is 229 g/mol. The highest BCUT2D eigenvalue weighted by Crippen LogP contribution is 2.22. The number of aromatic amines is 1. The van der Waals surface area contributed by atoms with Gasteiger partial charge in [0.25, 0.3) is 0 Å². The van der Waals surface area contributed by atoms with Crippen LogP contribution in [0.5, 0.6) is 0 Å². The molecule has 12 heavy (non-hydrogen) atoms. The molecule has 7 heteroatoms. The summed E-state index contributed by atoms with van der Waals surface area (Å²) >= 11 is 3.35. The van der Waals surface area contributed by atoms with E-state index in [9.17, 15) is 0 Å². The molecule has 0 amide bonds. The minimum absolute atomic E-state index is 0.537. The minimum Gasteiger partial charge on any atom is -0.261 e. The third kappa shape index (κ3) is 1.02. The lowest BCUT2D eigenvalue weighted by Gasteiger charge is -1.91. The van der Waals surface area contributed by atoms with Crippen LogP contribution < -0.4 is 0 Å². The maximum Gasteiger partial charge on any atom is 0.208 e. The van der Waals surface area contributed by atoms with Gasteiger partial charge in [-0.2, -0.15) is 10.3 Å².